The summed E-state index contributed by atoms with van der Waals surface area (Å²) in [5, 5.41) is 12.7. The first-order valence-electron chi connectivity index (χ1n) is 9.21. The summed E-state index contributed by atoms with van der Waals surface area (Å²) in [5.74, 6) is -0.220. The number of aromatic hydroxyl groups is 1. The van der Waals surface area contributed by atoms with Crippen LogP contribution in [0.3, 0.4) is 0 Å². The third kappa shape index (κ3) is 4.64. The maximum Gasteiger partial charge on any atom is 0.253 e. The number of phenols is 1. The van der Waals surface area contributed by atoms with E-state index >= 15 is 0 Å². The third-order valence-electron chi connectivity index (χ3n) is 4.97. The molecule has 3 rings (SSSR count). The molecule has 0 bridgehead atoms. The van der Waals surface area contributed by atoms with Crippen LogP contribution in [0.5, 0.6) is 5.75 Å². The molecule has 1 saturated heterocycles. The van der Waals surface area contributed by atoms with Crippen LogP contribution in [0.25, 0.3) is 0 Å². The van der Waals surface area contributed by atoms with E-state index in [2.05, 4.69) is 5.32 Å². The van der Waals surface area contributed by atoms with Crippen molar-refractivity contribution in [3.05, 3.63) is 58.1 Å². The summed E-state index contributed by atoms with van der Waals surface area (Å²) in [6, 6.07) is 10.4. The third-order valence-corrected chi connectivity index (χ3v) is 5.27. The molecule has 1 heterocycles. The molecule has 0 radical (unpaired) electrons. The number of aryl methyl sites for hydroxylation is 2. The number of phenolic OH excluding ortho intramolecular Hbond substituents is 1. The SMILES string of the molecule is Cc1cccc(C)c1NC(=O)CN1CCN(C(=O)c2ccc(O)c(Cl)c2)CC1. The van der Waals surface area contributed by atoms with Gasteiger partial charge in [-0.25, -0.2) is 0 Å². The van der Waals surface area contributed by atoms with Gasteiger partial charge in [-0.2, -0.15) is 0 Å². The standard InChI is InChI=1S/C21H24ClN3O3/c1-14-4-3-5-15(2)20(14)23-19(27)13-24-8-10-25(11-9-24)21(28)16-6-7-18(26)17(22)12-16/h3-7,12,26H,8-11,13H2,1-2H3,(H,23,27). The van der Waals surface area contributed by atoms with E-state index in [1.165, 1.54) is 12.1 Å². The van der Waals surface area contributed by atoms with Gasteiger partial charge in [0.1, 0.15) is 5.75 Å². The van der Waals surface area contributed by atoms with Crippen molar-refractivity contribution in [2.75, 3.05) is 38.0 Å². The lowest BCUT2D eigenvalue weighted by atomic mass is 10.1. The van der Waals surface area contributed by atoms with Gasteiger partial charge in [0.25, 0.3) is 5.91 Å². The summed E-state index contributed by atoms with van der Waals surface area (Å²) in [7, 11) is 0. The highest BCUT2D eigenvalue weighted by molar-refractivity contribution is 6.32. The molecular weight excluding hydrogens is 378 g/mol. The smallest absolute Gasteiger partial charge is 0.253 e. The fraction of sp³-hybridized carbons (Fsp3) is 0.333. The monoisotopic (exact) mass is 401 g/mol. The summed E-state index contributed by atoms with van der Waals surface area (Å²) >= 11 is 5.89. The molecule has 148 valence electrons. The molecule has 1 fully saturated rings. The van der Waals surface area contributed by atoms with E-state index in [1.54, 1.807) is 11.0 Å². The van der Waals surface area contributed by atoms with Gasteiger partial charge in [-0.15, -0.1) is 0 Å². The Bertz CT molecular complexity index is 872. The van der Waals surface area contributed by atoms with Crippen molar-refractivity contribution in [2.45, 2.75) is 13.8 Å². The minimum Gasteiger partial charge on any atom is -0.506 e. The van der Waals surface area contributed by atoms with Gasteiger partial charge in [0.2, 0.25) is 5.91 Å². The molecule has 2 amide bonds. The van der Waals surface area contributed by atoms with Gasteiger partial charge in [0, 0.05) is 37.4 Å². The topological polar surface area (TPSA) is 72.9 Å². The van der Waals surface area contributed by atoms with Crippen LogP contribution in [0.15, 0.2) is 36.4 Å². The van der Waals surface area contributed by atoms with Crippen molar-refractivity contribution in [2.24, 2.45) is 0 Å². The molecule has 28 heavy (non-hydrogen) atoms. The molecule has 1 aliphatic rings. The van der Waals surface area contributed by atoms with Crippen molar-refractivity contribution < 1.29 is 14.7 Å². The predicted octanol–water partition coefficient (Wildman–Crippen LogP) is 3.06. The van der Waals surface area contributed by atoms with Gasteiger partial charge in [-0.1, -0.05) is 29.8 Å². The first kappa shape index (κ1) is 20.2. The van der Waals surface area contributed by atoms with E-state index < -0.39 is 0 Å². The number of nitrogens with one attached hydrogen (secondary N) is 1. The maximum absolute atomic E-state index is 12.6. The predicted molar refractivity (Wildman–Crippen MR) is 110 cm³/mol. The van der Waals surface area contributed by atoms with Crippen molar-refractivity contribution in [3.8, 4) is 5.75 Å². The molecule has 0 spiro atoms. The lowest BCUT2D eigenvalue weighted by Crippen LogP contribution is -2.50. The van der Waals surface area contributed by atoms with Crippen LogP contribution in [-0.4, -0.2) is 59.4 Å². The van der Waals surface area contributed by atoms with E-state index in [-0.39, 0.29) is 22.6 Å². The second kappa shape index (κ2) is 8.63. The summed E-state index contributed by atoms with van der Waals surface area (Å²) < 4.78 is 0. The van der Waals surface area contributed by atoms with Gasteiger partial charge >= 0.3 is 0 Å². The Labute approximate surface area is 169 Å². The Morgan fingerprint density at radius 3 is 2.32 bits per heavy atom. The summed E-state index contributed by atoms with van der Waals surface area (Å²) in [6.45, 7) is 6.56. The molecule has 7 heteroatoms. The minimum atomic E-state index is -0.124. The highest BCUT2D eigenvalue weighted by Crippen LogP contribution is 2.24. The largest absolute Gasteiger partial charge is 0.506 e. The second-order valence-corrected chi connectivity index (χ2v) is 7.46. The number of anilines is 1. The summed E-state index contributed by atoms with van der Waals surface area (Å²) in [4.78, 5) is 28.8. The van der Waals surface area contributed by atoms with E-state index in [0.717, 1.165) is 16.8 Å². The van der Waals surface area contributed by atoms with Gasteiger partial charge in [0.05, 0.1) is 11.6 Å². The molecular formula is C21H24ClN3O3. The van der Waals surface area contributed by atoms with Crippen LogP contribution in [0.2, 0.25) is 5.02 Å². The lowest BCUT2D eigenvalue weighted by molar-refractivity contribution is -0.117. The normalized spacial score (nSPS) is 14.8. The van der Waals surface area contributed by atoms with Crippen molar-refractivity contribution in [1.82, 2.24) is 9.80 Å². The second-order valence-electron chi connectivity index (χ2n) is 7.05. The van der Waals surface area contributed by atoms with Crippen molar-refractivity contribution >= 4 is 29.1 Å². The average molecular weight is 402 g/mol. The Kier molecular flexibility index (Phi) is 6.21. The summed E-state index contributed by atoms with van der Waals surface area (Å²) in [5.41, 5.74) is 3.39. The molecule has 0 saturated carbocycles. The van der Waals surface area contributed by atoms with Crippen LogP contribution in [-0.2, 0) is 4.79 Å². The number of carbonyl (C=O) groups is 2. The zero-order chi connectivity index (χ0) is 20.3. The van der Waals surface area contributed by atoms with Crippen molar-refractivity contribution in [3.63, 3.8) is 0 Å². The van der Waals surface area contributed by atoms with Crippen molar-refractivity contribution in [1.29, 1.82) is 0 Å². The number of amides is 2. The van der Waals surface area contributed by atoms with Crippen LogP contribution in [0, 0.1) is 13.8 Å². The number of benzene rings is 2. The fourth-order valence-corrected chi connectivity index (χ4v) is 3.51. The Morgan fingerprint density at radius 2 is 1.71 bits per heavy atom. The van der Waals surface area contributed by atoms with Crippen LogP contribution in [0.4, 0.5) is 5.69 Å². The molecule has 1 aliphatic heterocycles. The number of hydrogen-bond donors (Lipinski definition) is 2. The zero-order valence-corrected chi connectivity index (χ0v) is 16.8. The molecule has 0 unspecified atom stereocenters. The van der Waals surface area contributed by atoms with Gasteiger partial charge < -0.3 is 15.3 Å². The van der Waals surface area contributed by atoms with Crippen LogP contribution < -0.4 is 5.32 Å². The lowest BCUT2D eigenvalue weighted by Gasteiger charge is -2.34. The summed E-state index contributed by atoms with van der Waals surface area (Å²) in [6.07, 6.45) is 0. The zero-order valence-electron chi connectivity index (χ0n) is 16.0. The van der Waals surface area contributed by atoms with E-state index in [9.17, 15) is 14.7 Å². The molecule has 2 N–H and O–H groups in total. The number of nitrogens with zero attached hydrogens (tertiary/aromatic N) is 2. The number of carbonyl (C=O) groups excluding carboxylic acids is 2. The molecule has 6 nitrogen and oxygen atoms in total. The highest BCUT2D eigenvalue weighted by atomic mass is 35.5. The quantitative estimate of drug-likeness (QED) is 0.825. The number of piperazine rings is 1. The van der Waals surface area contributed by atoms with E-state index in [0.29, 0.717) is 38.3 Å². The van der Waals surface area contributed by atoms with E-state index in [4.69, 9.17) is 11.6 Å². The fourth-order valence-electron chi connectivity index (χ4n) is 3.33. The number of para-hydroxylation sites is 1. The average Bonchev–Trinajstić information content (AvgIpc) is 2.67. The number of halogens is 1. The Balaban J connectivity index is 1.53. The van der Waals surface area contributed by atoms with Gasteiger partial charge in [0.15, 0.2) is 0 Å². The minimum absolute atomic E-state index is 0.0436. The highest BCUT2D eigenvalue weighted by Gasteiger charge is 2.24. The first-order chi connectivity index (χ1) is 13.3. The molecule has 0 aromatic heterocycles. The molecule has 2 aromatic rings. The van der Waals surface area contributed by atoms with Crippen LogP contribution in [0.1, 0.15) is 21.5 Å². The molecule has 2 aromatic carbocycles. The molecule has 0 aliphatic carbocycles. The number of rotatable bonds is 4. The Hall–Kier alpha value is -2.57. The maximum atomic E-state index is 12.6. The van der Waals surface area contributed by atoms with E-state index in [1.807, 2.05) is 36.9 Å². The van der Waals surface area contributed by atoms with Gasteiger partial charge in [-0.3, -0.25) is 14.5 Å². The van der Waals surface area contributed by atoms with Gasteiger partial charge in [-0.05, 0) is 43.2 Å². The first-order valence-corrected chi connectivity index (χ1v) is 9.59. The van der Waals surface area contributed by atoms with Crippen LogP contribution >= 0.6 is 11.6 Å². The molecule has 0 atom stereocenters. The Morgan fingerprint density at radius 1 is 1.07 bits per heavy atom. The number of hydrogen-bond acceptors (Lipinski definition) is 4.